The number of aromatic nitrogens is 2. The molecule has 3 aromatic rings. The van der Waals surface area contributed by atoms with E-state index in [1.807, 2.05) is 23.1 Å². The van der Waals surface area contributed by atoms with E-state index in [0.717, 1.165) is 42.7 Å². The fourth-order valence-electron chi connectivity index (χ4n) is 5.54. The lowest BCUT2D eigenvalue weighted by Gasteiger charge is -2.34. The summed E-state index contributed by atoms with van der Waals surface area (Å²) in [6.07, 6.45) is 2.23. The number of carbonyl (C=O) groups is 2. The number of nitrogens with zero attached hydrogens (tertiary/aromatic N) is 4. The van der Waals surface area contributed by atoms with E-state index in [0.29, 0.717) is 30.5 Å². The molecule has 10 heteroatoms. The number of rotatable bonds is 7. The van der Waals surface area contributed by atoms with E-state index in [-0.39, 0.29) is 24.9 Å². The zero-order valence-corrected chi connectivity index (χ0v) is 22.3. The van der Waals surface area contributed by atoms with E-state index < -0.39 is 18.1 Å². The van der Waals surface area contributed by atoms with Gasteiger partial charge in [0.2, 0.25) is 5.91 Å². The van der Waals surface area contributed by atoms with Crippen molar-refractivity contribution < 1.29 is 19.1 Å². The number of piperidine rings is 1. The van der Waals surface area contributed by atoms with Gasteiger partial charge in [0.25, 0.3) is 0 Å². The summed E-state index contributed by atoms with van der Waals surface area (Å²) in [6, 6.07) is 14.3. The Bertz CT molecular complexity index is 1280. The second kappa shape index (κ2) is 11.7. The molecule has 202 valence electrons. The number of benzene rings is 2. The number of nitrogens with two attached hydrogens (primary N) is 1. The number of carbonyl (C=O) groups excluding carboxylic acids is 2. The number of methoxy groups -OCH3 is 1. The number of aryl methyl sites for hydroxylation is 1. The van der Waals surface area contributed by atoms with E-state index >= 15 is 0 Å². The van der Waals surface area contributed by atoms with Gasteiger partial charge in [-0.15, -0.1) is 0 Å². The summed E-state index contributed by atoms with van der Waals surface area (Å²) in [6.45, 7) is 3.27. The molecular formula is C28H34ClN5O4. The zero-order chi connectivity index (χ0) is 26.6. The van der Waals surface area contributed by atoms with Crippen LogP contribution in [-0.2, 0) is 16.1 Å². The van der Waals surface area contributed by atoms with Crippen LogP contribution in [0.5, 0.6) is 5.75 Å². The monoisotopic (exact) mass is 539 g/mol. The molecule has 2 aliphatic rings. The molecule has 0 bridgehead atoms. The van der Waals surface area contributed by atoms with Crippen LogP contribution in [0.3, 0.4) is 0 Å². The average molecular weight is 540 g/mol. The standard InChI is InChI=1S/C28H34ClN5O4/c1-37-15-5-14-34-25-8-3-2-7-24(25)31-26(34)19-6-4-13-32(16-19)27(35)22-17-33(18-23(22)30)28(36)38-21-11-9-20(29)10-12-21/h2-3,7-12,19,22-23H,4-6,13-18,30H2,1H3/t19?,22-,23-/m1/s1. The first-order valence-electron chi connectivity index (χ1n) is 13.2. The van der Waals surface area contributed by atoms with Crippen LogP contribution in [0.15, 0.2) is 48.5 Å². The fourth-order valence-corrected chi connectivity index (χ4v) is 5.66. The summed E-state index contributed by atoms with van der Waals surface area (Å²) in [5.74, 6) is 1.07. The highest BCUT2D eigenvalue weighted by Crippen LogP contribution is 2.31. The van der Waals surface area contributed by atoms with Gasteiger partial charge in [-0.25, -0.2) is 9.78 Å². The van der Waals surface area contributed by atoms with Crippen LogP contribution in [0.25, 0.3) is 11.0 Å². The molecule has 5 rings (SSSR count). The van der Waals surface area contributed by atoms with Gasteiger partial charge < -0.3 is 29.6 Å². The quantitative estimate of drug-likeness (QED) is 0.457. The summed E-state index contributed by atoms with van der Waals surface area (Å²) in [5, 5.41) is 0.559. The van der Waals surface area contributed by atoms with E-state index in [9.17, 15) is 9.59 Å². The molecule has 2 aliphatic heterocycles. The predicted octanol–water partition coefficient (Wildman–Crippen LogP) is 3.89. The maximum atomic E-state index is 13.6. The van der Waals surface area contributed by atoms with Gasteiger partial charge in [-0.05, 0) is 55.7 Å². The molecular weight excluding hydrogens is 506 g/mol. The Morgan fingerprint density at radius 3 is 2.66 bits per heavy atom. The van der Waals surface area contributed by atoms with Crippen LogP contribution in [0.4, 0.5) is 4.79 Å². The molecule has 0 spiro atoms. The number of para-hydroxylation sites is 2. The van der Waals surface area contributed by atoms with Crippen molar-refractivity contribution in [1.82, 2.24) is 19.4 Å². The molecule has 38 heavy (non-hydrogen) atoms. The largest absolute Gasteiger partial charge is 0.415 e. The lowest BCUT2D eigenvalue weighted by molar-refractivity contribution is -0.136. The van der Waals surface area contributed by atoms with E-state index in [1.165, 1.54) is 4.90 Å². The van der Waals surface area contributed by atoms with Crippen molar-refractivity contribution in [3.63, 3.8) is 0 Å². The normalized spacial score (nSPS) is 21.7. The van der Waals surface area contributed by atoms with E-state index in [4.69, 9.17) is 31.8 Å². The molecule has 2 amide bonds. The Hall–Kier alpha value is -3.14. The molecule has 0 radical (unpaired) electrons. The first-order chi connectivity index (χ1) is 18.4. The van der Waals surface area contributed by atoms with Crippen molar-refractivity contribution in [1.29, 1.82) is 0 Å². The highest BCUT2D eigenvalue weighted by Gasteiger charge is 2.41. The minimum absolute atomic E-state index is 0.00830. The number of hydrogen-bond acceptors (Lipinski definition) is 6. The highest BCUT2D eigenvalue weighted by atomic mass is 35.5. The lowest BCUT2D eigenvalue weighted by atomic mass is 9.94. The van der Waals surface area contributed by atoms with Gasteiger partial charge in [0, 0.05) is 63.4 Å². The van der Waals surface area contributed by atoms with Gasteiger partial charge in [0.15, 0.2) is 0 Å². The molecule has 1 unspecified atom stereocenters. The second-order valence-corrected chi connectivity index (χ2v) is 10.5. The summed E-state index contributed by atoms with van der Waals surface area (Å²) < 4.78 is 13.0. The number of halogens is 1. The minimum Gasteiger partial charge on any atom is -0.410 e. The van der Waals surface area contributed by atoms with E-state index in [1.54, 1.807) is 31.4 Å². The number of amides is 2. The molecule has 9 nitrogen and oxygen atoms in total. The SMILES string of the molecule is COCCCn1c(C2CCCN(C(=O)[C@@H]3CN(C(=O)Oc4ccc(Cl)cc4)C[C@H]3N)C2)nc2ccccc21. The van der Waals surface area contributed by atoms with Crippen molar-refractivity contribution >= 4 is 34.6 Å². The van der Waals surface area contributed by atoms with Gasteiger partial charge in [-0.2, -0.15) is 0 Å². The van der Waals surface area contributed by atoms with Crippen molar-refractivity contribution in [2.24, 2.45) is 11.7 Å². The molecule has 3 atom stereocenters. The average Bonchev–Trinajstić information content (AvgIpc) is 3.50. The Morgan fingerprint density at radius 2 is 1.87 bits per heavy atom. The Kier molecular flexibility index (Phi) is 8.16. The third-order valence-corrected chi connectivity index (χ3v) is 7.72. The number of ether oxygens (including phenoxy) is 2. The molecule has 2 fully saturated rings. The van der Waals surface area contributed by atoms with Crippen LogP contribution >= 0.6 is 11.6 Å². The Labute approximate surface area is 227 Å². The number of likely N-dealkylation sites (tertiary alicyclic amines) is 2. The van der Waals surface area contributed by atoms with Crippen molar-refractivity contribution in [2.75, 3.05) is 39.9 Å². The predicted molar refractivity (Wildman–Crippen MR) is 145 cm³/mol. The summed E-state index contributed by atoms with van der Waals surface area (Å²) in [5.41, 5.74) is 8.45. The molecule has 2 N–H and O–H groups in total. The van der Waals surface area contributed by atoms with Crippen LogP contribution in [-0.4, -0.2) is 77.3 Å². The van der Waals surface area contributed by atoms with Gasteiger partial charge in [-0.3, -0.25) is 4.79 Å². The van der Waals surface area contributed by atoms with Gasteiger partial charge in [-0.1, -0.05) is 23.7 Å². The van der Waals surface area contributed by atoms with Gasteiger partial charge in [0.1, 0.15) is 11.6 Å². The van der Waals surface area contributed by atoms with Crippen molar-refractivity contribution in [2.45, 2.75) is 37.8 Å². The van der Waals surface area contributed by atoms with Crippen LogP contribution in [0, 0.1) is 5.92 Å². The van der Waals surface area contributed by atoms with Crippen LogP contribution in [0.1, 0.15) is 31.0 Å². The maximum absolute atomic E-state index is 13.6. The molecule has 2 aromatic carbocycles. The number of hydrogen-bond donors (Lipinski definition) is 1. The molecule has 3 heterocycles. The summed E-state index contributed by atoms with van der Waals surface area (Å²) in [7, 11) is 1.71. The smallest absolute Gasteiger partial charge is 0.410 e. The van der Waals surface area contributed by atoms with Crippen molar-refractivity contribution in [3.8, 4) is 5.75 Å². The van der Waals surface area contributed by atoms with Crippen LogP contribution in [0.2, 0.25) is 5.02 Å². The molecule has 1 aromatic heterocycles. The summed E-state index contributed by atoms with van der Waals surface area (Å²) >= 11 is 5.91. The minimum atomic E-state index is -0.514. The second-order valence-electron chi connectivity index (χ2n) is 10.1. The molecule has 0 saturated carbocycles. The zero-order valence-electron chi connectivity index (χ0n) is 21.6. The first kappa shape index (κ1) is 26.5. The third-order valence-electron chi connectivity index (χ3n) is 7.47. The highest BCUT2D eigenvalue weighted by molar-refractivity contribution is 6.30. The summed E-state index contributed by atoms with van der Waals surface area (Å²) in [4.78, 5) is 34.8. The third kappa shape index (κ3) is 5.65. The number of imidazole rings is 1. The molecule has 2 saturated heterocycles. The van der Waals surface area contributed by atoms with Gasteiger partial charge in [0.05, 0.1) is 17.0 Å². The fraction of sp³-hybridized carbons (Fsp3) is 0.464. The topological polar surface area (TPSA) is 103 Å². The van der Waals surface area contributed by atoms with E-state index in [2.05, 4.69) is 10.6 Å². The van der Waals surface area contributed by atoms with Gasteiger partial charge >= 0.3 is 6.09 Å². The number of fused-ring (bicyclic) bond motifs is 1. The van der Waals surface area contributed by atoms with Crippen LogP contribution < -0.4 is 10.5 Å². The van der Waals surface area contributed by atoms with Crippen molar-refractivity contribution in [3.05, 3.63) is 59.4 Å². The Balaban J connectivity index is 1.26. The Morgan fingerprint density at radius 1 is 1.08 bits per heavy atom. The molecule has 0 aliphatic carbocycles. The first-order valence-corrected chi connectivity index (χ1v) is 13.5. The lowest BCUT2D eigenvalue weighted by Crippen LogP contribution is -2.47. The maximum Gasteiger partial charge on any atom is 0.415 e.